The van der Waals surface area contributed by atoms with Crippen molar-refractivity contribution in [3.05, 3.63) is 69.2 Å². The van der Waals surface area contributed by atoms with Crippen molar-refractivity contribution in [3.63, 3.8) is 0 Å². The Balaban J connectivity index is 2.42. The Kier molecular flexibility index (Phi) is 6.15. The van der Waals surface area contributed by atoms with Gasteiger partial charge in [-0.2, -0.15) is 0 Å². The van der Waals surface area contributed by atoms with Gasteiger partial charge < -0.3 is 0 Å². The Hall–Kier alpha value is 0.170. The molecule has 20 heavy (non-hydrogen) atoms. The predicted molar refractivity (Wildman–Crippen MR) is 98.6 cm³/mol. The van der Waals surface area contributed by atoms with Crippen molar-refractivity contribution in [1.82, 2.24) is 0 Å². The number of hydrogen-bond donors (Lipinski definition) is 0. The van der Waals surface area contributed by atoms with Crippen molar-refractivity contribution < 1.29 is 0 Å². The van der Waals surface area contributed by atoms with Gasteiger partial charge in [-0.1, -0.05) is 89.7 Å². The first-order valence-corrected chi connectivity index (χ1v) is 9.64. The van der Waals surface area contributed by atoms with Crippen LogP contribution in [0.3, 0.4) is 0 Å². The van der Waals surface area contributed by atoms with E-state index in [0.29, 0.717) is 0 Å². The van der Waals surface area contributed by atoms with Gasteiger partial charge in [0, 0.05) is 25.6 Å². The Morgan fingerprint density at radius 1 is 0.950 bits per heavy atom. The summed E-state index contributed by atoms with van der Waals surface area (Å²) in [7, 11) is 0. The maximum Gasteiger partial charge on any atom is 0.0408 e. The van der Waals surface area contributed by atoms with Gasteiger partial charge in [0.25, 0.3) is 0 Å². The standard InChI is InChI=1S/C16H14Br3Cl/c17-10-16(11-18,13-5-3-6-14(20)8-13)9-12-4-1-2-7-15(12)19/h1-8H,9-11H2. The van der Waals surface area contributed by atoms with E-state index in [1.54, 1.807) is 0 Å². The van der Waals surface area contributed by atoms with E-state index in [2.05, 4.69) is 78.1 Å². The van der Waals surface area contributed by atoms with Crippen LogP contribution in [0.4, 0.5) is 0 Å². The van der Waals surface area contributed by atoms with Crippen LogP contribution < -0.4 is 0 Å². The number of alkyl halides is 2. The van der Waals surface area contributed by atoms with Gasteiger partial charge in [0.1, 0.15) is 0 Å². The normalized spacial score (nSPS) is 11.6. The van der Waals surface area contributed by atoms with Crippen LogP contribution in [0.25, 0.3) is 0 Å². The van der Waals surface area contributed by atoms with Gasteiger partial charge in [-0.15, -0.1) is 0 Å². The van der Waals surface area contributed by atoms with Gasteiger partial charge in [-0.05, 0) is 35.7 Å². The highest BCUT2D eigenvalue weighted by Gasteiger charge is 2.31. The molecule has 0 aliphatic rings. The highest BCUT2D eigenvalue weighted by atomic mass is 79.9. The molecule has 0 aromatic heterocycles. The Labute approximate surface area is 150 Å². The fourth-order valence-corrected chi connectivity index (χ4v) is 4.80. The third kappa shape index (κ3) is 3.68. The summed E-state index contributed by atoms with van der Waals surface area (Å²) in [6, 6.07) is 16.5. The molecule has 2 aromatic rings. The number of hydrogen-bond acceptors (Lipinski definition) is 0. The van der Waals surface area contributed by atoms with Crippen molar-refractivity contribution >= 4 is 59.4 Å². The number of halogens is 4. The summed E-state index contributed by atoms with van der Waals surface area (Å²) in [5.41, 5.74) is 2.52. The van der Waals surface area contributed by atoms with Crippen LogP contribution in [0.2, 0.25) is 5.02 Å². The quantitative estimate of drug-likeness (QED) is 0.435. The molecule has 0 saturated carbocycles. The third-order valence-electron chi connectivity index (χ3n) is 3.44. The zero-order valence-corrected chi connectivity index (χ0v) is 16.3. The van der Waals surface area contributed by atoms with E-state index in [1.165, 1.54) is 11.1 Å². The van der Waals surface area contributed by atoms with Gasteiger partial charge in [-0.25, -0.2) is 0 Å². The highest BCUT2D eigenvalue weighted by molar-refractivity contribution is 9.10. The van der Waals surface area contributed by atoms with E-state index in [1.807, 2.05) is 18.2 Å². The summed E-state index contributed by atoms with van der Waals surface area (Å²) in [5, 5.41) is 2.51. The molecule has 0 fully saturated rings. The largest absolute Gasteiger partial charge is 0.0918 e. The van der Waals surface area contributed by atoms with E-state index in [-0.39, 0.29) is 5.41 Å². The molecule has 0 saturated heterocycles. The molecule has 0 spiro atoms. The first-order valence-electron chi connectivity index (χ1n) is 6.23. The first kappa shape index (κ1) is 16.5. The first-order chi connectivity index (χ1) is 9.61. The molecule has 2 aromatic carbocycles. The van der Waals surface area contributed by atoms with Crippen LogP contribution in [-0.4, -0.2) is 10.7 Å². The van der Waals surface area contributed by atoms with Gasteiger partial charge in [0.2, 0.25) is 0 Å². The van der Waals surface area contributed by atoms with Gasteiger partial charge >= 0.3 is 0 Å². The van der Waals surface area contributed by atoms with Crippen molar-refractivity contribution in [3.8, 4) is 0 Å². The smallest absolute Gasteiger partial charge is 0.0408 e. The molecule has 106 valence electrons. The third-order valence-corrected chi connectivity index (χ3v) is 6.59. The minimum Gasteiger partial charge on any atom is -0.0918 e. The molecule has 0 nitrogen and oxygen atoms in total. The molecule has 4 heteroatoms. The average Bonchev–Trinajstić information content (AvgIpc) is 2.47. The Morgan fingerprint density at radius 3 is 2.25 bits per heavy atom. The summed E-state index contributed by atoms with van der Waals surface area (Å²) in [6.07, 6.45) is 0.936. The number of benzene rings is 2. The molecule has 0 bridgehead atoms. The van der Waals surface area contributed by atoms with Crippen LogP contribution in [0, 0.1) is 0 Å². The second kappa shape index (κ2) is 7.44. The molecular formula is C16H14Br3Cl. The highest BCUT2D eigenvalue weighted by Crippen LogP contribution is 2.35. The van der Waals surface area contributed by atoms with Crippen LogP contribution in [0.1, 0.15) is 11.1 Å². The van der Waals surface area contributed by atoms with Crippen LogP contribution >= 0.6 is 59.4 Å². The lowest BCUT2D eigenvalue weighted by Gasteiger charge is -2.31. The van der Waals surface area contributed by atoms with Crippen LogP contribution in [-0.2, 0) is 11.8 Å². The van der Waals surface area contributed by atoms with E-state index >= 15 is 0 Å². The van der Waals surface area contributed by atoms with Gasteiger partial charge in [-0.3, -0.25) is 0 Å². The topological polar surface area (TPSA) is 0 Å². The lowest BCUT2D eigenvalue weighted by molar-refractivity contribution is 0.550. The fraction of sp³-hybridized carbons (Fsp3) is 0.250. The van der Waals surface area contributed by atoms with E-state index in [9.17, 15) is 0 Å². The van der Waals surface area contributed by atoms with Gasteiger partial charge in [0.15, 0.2) is 0 Å². The predicted octanol–water partition coefficient (Wildman–Crippen LogP) is 6.37. The summed E-state index contributed by atoms with van der Waals surface area (Å²) in [6.45, 7) is 0. The van der Waals surface area contributed by atoms with Crippen molar-refractivity contribution in [1.29, 1.82) is 0 Å². The van der Waals surface area contributed by atoms with Crippen LogP contribution in [0.5, 0.6) is 0 Å². The van der Waals surface area contributed by atoms with E-state index in [4.69, 9.17) is 11.6 Å². The Bertz CT molecular complexity index is 579. The maximum atomic E-state index is 6.16. The number of rotatable bonds is 5. The molecule has 0 aliphatic heterocycles. The second-order valence-corrected chi connectivity index (χ2v) is 7.24. The fourth-order valence-electron chi connectivity index (χ4n) is 2.21. The van der Waals surface area contributed by atoms with Crippen molar-refractivity contribution in [2.24, 2.45) is 0 Å². The minimum absolute atomic E-state index is 0.0191. The van der Waals surface area contributed by atoms with E-state index in [0.717, 1.165) is 26.6 Å². The lowest BCUT2D eigenvalue weighted by atomic mass is 9.79. The molecule has 0 N–H and O–H groups in total. The van der Waals surface area contributed by atoms with Crippen molar-refractivity contribution in [2.75, 3.05) is 10.7 Å². The summed E-state index contributed by atoms with van der Waals surface area (Å²) >= 11 is 17.2. The zero-order chi connectivity index (χ0) is 14.6. The van der Waals surface area contributed by atoms with Crippen LogP contribution in [0.15, 0.2) is 53.0 Å². The Morgan fingerprint density at radius 2 is 1.65 bits per heavy atom. The molecular weight excluding hydrogens is 467 g/mol. The lowest BCUT2D eigenvalue weighted by Crippen LogP contribution is -2.33. The molecule has 0 heterocycles. The summed E-state index contributed by atoms with van der Waals surface area (Å²) < 4.78 is 1.15. The summed E-state index contributed by atoms with van der Waals surface area (Å²) in [4.78, 5) is 0. The van der Waals surface area contributed by atoms with Crippen molar-refractivity contribution in [2.45, 2.75) is 11.8 Å². The molecule has 0 radical (unpaired) electrons. The summed E-state index contributed by atoms with van der Waals surface area (Å²) in [5.74, 6) is 0. The molecule has 0 amide bonds. The monoisotopic (exact) mass is 478 g/mol. The van der Waals surface area contributed by atoms with E-state index < -0.39 is 0 Å². The minimum atomic E-state index is -0.0191. The van der Waals surface area contributed by atoms with Gasteiger partial charge in [0.05, 0.1) is 0 Å². The molecule has 0 atom stereocenters. The molecule has 0 unspecified atom stereocenters. The average molecular weight is 481 g/mol. The zero-order valence-electron chi connectivity index (χ0n) is 10.8. The second-order valence-electron chi connectivity index (χ2n) is 4.83. The molecule has 2 rings (SSSR count). The SMILES string of the molecule is Clc1cccc(C(CBr)(CBr)Cc2ccccc2Br)c1. The molecule has 0 aliphatic carbocycles. The maximum absolute atomic E-state index is 6.16.